The minimum Gasteiger partial charge on any atom is -0.394 e. The first-order valence-electron chi connectivity index (χ1n) is 8.31. The lowest BCUT2D eigenvalue weighted by Crippen LogP contribution is -2.60. The van der Waals surface area contributed by atoms with Gasteiger partial charge in [0.1, 0.15) is 37.1 Å². The first-order chi connectivity index (χ1) is 12.4. The molecule has 152 valence electrons. The van der Waals surface area contributed by atoms with Gasteiger partial charge in [0.15, 0.2) is 5.12 Å². The summed E-state index contributed by atoms with van der Waals surface area (Å²) in [6.07, 6.45) is -5.38. The zero-order valence-corrected chi connectivity index (χ0v) is 15.2. The van der Waals surface area contributed by atoms with Crippen molar-refractivity contribution in [3.8, 4) is 0 Å². The summed E-state index contributed by atoms with van der Waals surface area (Å²) in [5, 5.41) is 40.5. The third-order valence-corrected chi connectivity index (χ3v) is 4.00. The van der Waals surface area contributed by atoms with Crippen LogP contribution in [0.15, 0.2) is 0 Å². The van der Waals surface area contributed by atoms with Gasteiger partial charge in [0.05, 0.1) is 19.8 Å². The van der Waals surface area contributed by atoms with Crippen LogP contribution in [0.25, 0.3) is 0 Å². The predicted octanol–water partition coefficient (Wildman–Crippen LogP) is -2.79. The van der Waals surface area contributed by atoms with Gasteiger partial charge < -0.3 is 40.0 Å². The largest absolute Gasteiger partial charge is 0.394 e. The van der Waals surface area contributed by atoms with E-state index in [-0.39, 0.29) is 31.5 Å². The molecule has 1 saturated heterocycles. The molecule has 1 heterocycles. The topological polar surface area (TPSA) is 155 Å². The van der Waals surface area contributed by atoms with E-state index in [2.05, 4.69) is 17.9 Å². The van der Waals surface area contributed by atoms with Crippen LogP contribution in [0.2, 0.25) is 0 Å². The van der Waals surface area contributed by atoms with E-state index in [0.29, 0.717) is 19.4 Å². The van der Waals surface area contributed by atoms with Gasteiger partial charge in [-0.3, -0.25) is 9.59 Å². The highest BCUT2D eigenvalue weighted by molar-refractivity contribution is 7.96. The van der Waals surface area contributed by atoms with Crippen LogP contribution in [0.4, 0.5) is 0 Å². The Bertz CT molecular complexity index is 437. The number of carbonyl (C=O) groups is 2. The van der Waals surface area contributed by atoms with Crippen LogP contribution in [0.1, 0.15) is 12.8 Å². The molecular formula is C15H27NO9S. The fourth-order valence-electron chi connectivity index (χ4n) is 2.32. The summed E-state index contributed by atoms with van der Waals surface area (Å²) >= 11 is 3.64. The third-order valence-electron chi connectivity index (χ3n) is 3.78. The highest BCUT2D eigenvalue weighted by Gasteiger charge is 2.43. The molecular weight excluding hydrogens is 370 g/mol. The molecule has 0 saturated carbocycles. The molecule has 26 heavy (non-hydrogen) atoms. The average molecular weight is 397 g/mol. The molecule has 0 aliphatic carbocycles. The van der Waals surface area contributed by atoms with E-state index in [1.165, 1.54) is 0 Å². The van der Waals surface area contributed by atoms with E-state index in [1.54, 1.807) is 0 Å². The number of ether oxygens (including phenoxy) is 3. The van der Waals surface area contributed by atoms with Crippen molar-refractivity contribution < 1.29 is 44.2 Å². The Morgan fingerprint density at radius 1 is 1.00 bits per heavy atom. The predicted molar refractivity (Wildman–Crippen MR) is 91.6 cm³/mol. The summed E-state index contributed by atoms with van der Waals surface area (Å²) in [6, 6.07) is 0. The number of hydrogen-bond acceptors (Lipinski definition) is 9. The fourth-order valence-corrected chi connectivity index (χ4v) is 2.48. The highest BCUT2D eigenvalue weighted by Crippen LogP contribution is 2.20. The van der Waals surface area contributed by atoms with Crippen LogP contribution in [0.5, 0.6) is 0 Å². The zero-order chi connectivity index (χ0) is 19.5. The number of aliphatic hydroxyl groups is 4. The van der Waals surface area contributed by atoms with E-state index in [4.69, 9.17) is 19.3 Å². The van der Waals surface area contributed by atoms with Gasteiger partial charge in [-0.25, -0.2) is 0 Å². The SMILES string of the molecule is O=C(S)CCCOCCOCC(=O)NC[C@@H]1O[C@H](CO)[C@@H](O)[C@H](O)[C@H]1O. The van der Waals surface area contributed by atoms with Crippen LogP contribution in [0, 0.1) is 0 Å². The minimum atomic E-state index is -1.48. The van der Waals surface area contributed by atoms with E-state index in [9.17, 15) is 24.9 Å². The lowest BCUT2D eigenvalue weighted by molar-refractivity contribution is -0.227. The Morgan fingerprint density at radius 3 is 2.31 bits per heavy atom. The highest BCUT2D eigenvalue weighted by atomic mass is 32.1. The molecule has 0 aromatic heterocycles. The molecule has 0 unspecified atom stereocenters. The van der Waals surface area contributed by atoms with Crippen LogP contribution in [-0.4, -0.2) is 102 Å². The Morgan fingerprint density at radius 2 is 1.65 bits per heavy atom. The molecule has 10 nitrogen and oxygen atoms in total. The maximum Gasteiger partial charge on any atom is 0.246 e. The summed E-state index contributed by atoms with van der Waals surface area (Å²) in [5.74, 6) is -0.456. The third kappa shape index (κ3) is 8.27. The van der Waals surface area contributed by atoms with Gasteiger partial charge in [-0.1, -0.05) is 0 Å². The number of thiol groups is 1. The standard InChI is InChI=1S/C15H27NO9S/c17-7-10-14(21)15(22)13(20)9(25-10)6-16-11(18)8-24-5-4-23-3-1-2-12(19)26/h9-10,13-15,17,20-22H,1-8H2,(H,16,18)(H,19,26)/t9-,10+,13-,14+,15+/m0/s1. The monoisotopic (exact) mass is 397 g/mol. The molecule has 5 atom stereocenters. The van der Waals surface area contributed by atoms with Crippen molar-refractivity contribution in [2.45, 2.75) is 43.4 Å². The van der Waals surface area contributed by atoms with Crippen molar-refractivity contribution in [2.24, 2.45) is 0 Å². The van der Waals surface area contributed by atoms with E-state index in [0.717, 1.165) is 0 Å². The minimum absolute atomic E-state index is 0.113. The second kappa shape index (κ2) is 12.6. The quantitative estimate of drug-likeness (QED) is 0.151. The van der Waals surface area contributed by atoms with E-state index in [1.807, 2.05) is 0 Å². The van der Waals surface area contributed by atoms with Gasteiger partial charge in [-0.2, -0.15) is 0 Å². The zero-order valence-electron chi connectivity index (χ0n) is 14.3. The van der Waals surface area contributed by atoms with Crippen LogP contribution >= 0.6 is 12.6 Å². The van der Waals surface area contributed by atoms with Crippen molar-refractivity contribution in [1.29, 1.82) is 0 Å². The summed E-state index contributed by atoms with van der Waals surface area (Å²) in [5.41, 5.74) is 0. The van der Waals surface area contributed by atoms with Gasteiger partial charge in [0.25, 0.3) is 0 Å². The van der Waals surface area contributed by atoms with Crippen molar-refractivity contribution in [3.63, 3.8) is 0 Å². The second-order valence-corrected chi connectivity index (χ2v) is 6.33. The Hall–Kier alpha value is -0.790. The smallest absolute Gasteiger partial charge is 0.246 e. The normalized spacial score (nSPS) is 28.7. The molecule has 1 aliphatic heterocycles. The Kier molecular flexibility index (Phi) is 11.2. The molecule has 0 aromatic carbocycles. The summed E-state index contributed by atoms with van der Waals surface area (Å²) < 4.78 is 15.6. The maximum atomic E-state index is 11.7. The van der Waals surface area contributed by atoms with Gasteiger partial charge in [0, 0.05) is 19.6 Å². The molecule has 1 rings (SSSR count). The summed E-state index contributed by atoms with van der Waals surface area (Å²) in [4.78, 5) is 22.3. The number of amides is 1. The Balaban J connectivity index is 2.13. The van der Waals surface area contributed by atoms with Crippen molar-refractivity contribution in [1.82, 2.24) is 5.32 Å². The number of carbonyl (C=O) groups excluding carboxylic acids is 2. The first kappa shape index (κ1) is 23.2. The Labute approximate surface area is 156 Å². The first-order valence-corrected chi connectivity index (χ1v) is 8.76. The summed E-state index contributed by atoms with van der Waals surface area (Å²) in [6.45, 7) is 0.0104. The number of hydrogen-bond donors (Lipinski definition) is 6. The molecule has 11 heteroatoms. The molecule has 0 spiro atoms. The van der Waals surface area contributed by atoms with Gasteiger partial charge in [-0.05, 0) is 6.42 Å². The molecule has 0 aromatic rings. The van der Waals surface area contributed by atoms with Crippen molar-refractivity contribution >= 4 is 23.7 Å². The lowest BCUT2D eigenvalue weighted by Gasteiger charge is -2.40. The van der Waals surface area contributed by atoms with Crippen LogP contribution in [0.3, 0.4) is 0 Å². The number of rotatable bonds is 12. The molecule has 0 radical (unpaired) electrons. The number of aliphatic hydroxyl groups excluding tert-OH is 4. The molecule has 1 aliphatic rings. The fraction of sp³-hybridized carbons (Fsp3) is 0.867. The molecule has 1 fully saturated rings. The molecule has 5 N–H and O–H groups in total. The number of nitrogens with one attached hydrogen (secondary N) is 1. The second-order valence-electron chi connectivity index (χ2n) is 5.83. The van der Waals surface area contributed by atoms with Gasteiger partial charge in [-0.15, -0.1) is 12.6 Å². The average Bonchev–Trinajstić information content (AvgIpc) is 2.61. The van der Waals surface area contributed by atoms with Crippen molar-refractivity contribution in [3.05, 3.63) is 0 Å². The van der Waals surface area contributed by atoms with Gasteiger partial charge >= 0.3 is 0 Å². The van der Waals surface area contributed by atoms with E-state index < -0.39 is 43.0 Å². The summed E-state index contributed by atoms with van der Waals surface area (Å²) in [7, 11) is 0. The van der Waals surface area contributed by atoms with E-state index >= 15 is 0 Å². The van der Waals surface area contributed by atoms with Gasteiger partial charge in [0.2, 0.25) is 5.91 Å². The van der Waals surface area contributed by atoms with Crippen LogP contribution in [-0.2, 0) is 23.8 Å². The molecule has 0 bridgehead atoms. The lowest BCUT2D eigenvalue weighted by atomic mass is 9.95. The molecule has 1 amide bonds. The van der Waals surface area contributed by atoms with Crippen molar-refractivity contribution in [2.75, 3.05) is 39.6 Å². The maximum absolute atomic E-state index is 11.7. The van der Waals surface area contributed by atoms with Crippen LogP contribution < -0.4 is 5.32 Å².